The lowest BCUT2D eigenvalue weighted by molar-refractivity contribution is 0.0575. The van der Waals surface area contributed by atoms with Crippen molar-refractivity contribution < 1.29 is 4.74 Å². The lowest BCUT2D eigenvalue weighted by Crippen LogP contribution is -2.29. The average Bonchev–Trinajstić information content (AvgIpc) is 2.61. The Kier molecular flexibility index (Phi) is 3.14. The number of aromatic nitrogens is 2. The van der Waals surface area contributed by atoms with E-state index in [0.29, 0.717) is 5.92 Å². The molecule has 1 aromatic rings. The fourth-order valence-electron chi connectivity index (χ4n) is 1.50. The van der Waals surface area contributed by atoms with Crippen LogP contribution in [0.3, 0.4) is 0 Å². The van der Waals surface area contributed by atoms with Gasteiger partial charge in [0.15, 0.2) is 0 Å². The predicted octanol–water partition coefficient (Wildman–Crippen LogP) is 1.72. The van der Waals surface area contributed by atoms with Crippen molar-refractivity contribution in [3.05, 3.63) is 11.9 Å². The summed E-state index contributed by atoms with van der Waals surface area (Å²) in [4.78, 5) is 0. The van der Waals surface area contributed by atoms with Gasteiger partial charge in [0.25, 0.3) is 0 Å². The molecule has 1 saturated heterocycles. The van der Waals surface area contributed by atoms with Gasteiger partial charge in [-0.1, -0.05) is 0 Å². The van der Waals surface area contributed by atoms with E-state index < -0.39 is 0 Å². The minimum absolute atomic E-state index is 0.232. The molecule has 2 atom stereocenters. The Morgan fingerprint density at radius 1 is 1.69 bits per heavy atom. The molecule has 1 aliphatic rings. The summed E-state index contributed by atoms with van der Waals surface area (Å²) in [6, 6.07) is 0. The Labute approximate surface area is 86.4 Å². The van der Waals surface area contributed by atoms with Crippen LogP contribution in [0.15, 0.2) is 6.20 Å². The summed E-state index contributed by atoms with van der Waals surface area (Å²) in [5.41, 5.74) is 1.03. The maximum absolute atomic E-state index is 6.17. The predicted molar refractivity (Wildman–Crippen MR) is 52.2 cm³/mol. The Balaban J connectivity index is 1.93. The molecule has 0 amide bonds. The Morgan fingerprint density at radius 2 is 2.62 bits per heavy atom. The molecule has 0 radical (unpaired) electrons. The molecule has 5 heteroatoms. The minimum Gasteiger partial charge on any atom is -0.381 e. The molecule has 0 aliphatic carbocycles. The minimum atomic E-state index is 0.232. The number of ether oxygens (including phenoxy) is 1. The second-order valence-electron chi connectivity index (χ2n) is 3.24. The summed E-state index contributed by atoms with van der Waals surface area (Å²) in [5, 5.41) is 0.232. The van der Waals surface area contributed by atoms with Crippen LogP contribution in [0.25, 0.3) is 0 Å². The van der Waals surface area contributed by atoms with Gasteiger partial charge in [-0.3, -0.25) is 0 Å². The summed E-state index contributed by atoms with van der Waals surface area (Å²) < 4.78 is 13.5. The van der Waals surface area contributed by atoms with Crippen LogP contribution in [-0.2, 0) is 11.2 Å². The zero-order valence-corrected chi connectivity index (χ0v) is 8.72. The number of hydrogen-bond donors (Lipinski definition) is 0. The quantitative estimate of drug-likeness (QED) is 0.710. The van der Waals surface area contributed by atoms with Gasteiger partial charge in [0.2, 0.25) is 0 Å². The van der Waals surface area contributed by atoms with Crippen molar-refractivity contribution in [1.82, 2.24) is 8.75 Å². The number of halogens is 1. The maximum atomic E-state index is 6.17. The maximum Gasteiger partial charge on any atom is 0.0747 e. The Bertz CT molecular complexity index is 255. The first kappa shape index (κ1) is 9.37. The van der Waals surface area contributed by atoms with Crippen LogP contribution in [0.4, 0.5) is 0 Å². The molecule has 0 spiro atoms. The van der Waals surface area contributed by atoms with Crippen LogP contribution in [0.2, 0.25) is 0 Å². The molecule has 0 aromatic carbocycles. The highest BCUT2D eigenvalue weighted by molar-refractivity contribution is 6.99. The van der Waals surface area contributed by atoms with E-state index in [1.165, 1.54) is 11.7 Å². The highest BCUT2D eigenvalue weighted by Crippen LogP contribution is 2.23. The summed E-state index contributed by atoms with van der Waals surface area (Å²) in [6.07, 6.45) is 3.65. The van der Waals surface area contributed by atoms with Crippen LogP contribution in [0.1, 0.15) is 12.1 Å². The summed E-state index contributed by atoms with van der Waals surface area (Å²) in [6.45, 7) is 1.55. The highest BCUT2D eigenvalue weighted by Gasteiger charge is 2.24. The first-order valence-corrected chi connectivity index (χ1v) is 5.51. The molecule has 72 valence electrons. The van der Waals surface area contributed by atoms with Crippen LogP contribution < -0.4 is 0 Å². The van der Waals surface area contributed by atoms with E-state index in [-0.39, 0.29) is 5.38 Å². The van der Waals surface area contributed by atoms with E-state index >= 15 is 0 Å². The molecule has 13 heavy (non-hydrogen) atoms. The standard InChI is InChI=1S/C8H11ClN2OS/c9-8-1-2-12-5-6(8)3-7-4-10-13-11-7/h4,6,8H,1-3,5H2. The first-order chi connectivity index (χ1) is 6.36. The summed E-state index contributed by atoms with van der Waals surface area (Å²) >= 11 is 7.42. The van der Waals surface area contributed by atoms with E-state index in [1.54, 1.807) is 0 Å². The lowest BCUT2D eigenvalue weighted by atomic mass is 9.97. The normalized spacial score (nSPS) is 29.0. The highest BCUT2D eigenvalue weighted by atomic mass is 35.5. The van der Waals surface area contributed by atoms with Gasteiger partial charge in [-0.15, -0.1) is 11.6 Å². The van der Waals surface area contributed by atoms with Crippen LogP contribution in [-0.4, -0.2) is 27.3 Å². The van der Waals surface area contributed by atoms with Gasteiger partial charge in [0.1, 0.15) is 0 Å². The van der Waals surface area contributed by atoms with Crippen molar-refractivity contribution in [1.29, 1.82) is 0 Å². The second kappa shape index (κ2) is 4.35. The van der Waals surface area contributed by atoms with Crippen LogP contribution in [0, 0.1) is 5.92 Å². The van der Waals surface area contributed by atoms with Gasteiger partial charge in [-0.25, -0.2) is 0 Å². The molecule has 0 N–H and O–H groups in total. The lowest BCUT2D eigenvalue weighted by Gasteiger charge is -2.26. The number of hydrogen-bond acceptors (Lipinski definition) is 4. The number of rotatable bonds is 2. The molecule has 2 rings (SSSR count). The van der Waals surface area contributed by atoms with Crippen LogP contribution in [0.5, 0.6) is 0 Å². The third-order valence-electron chi connectivity index (χ3n) is 2.26. The summed E-state index contributed by atoms with van der Waals surface area (Å²) in [5.74, 6) is 0.402. The topological polar surface area (TPSA) is 35.0 Å². The molecule has 0 saturated carbocycles. The molecular formula is C8H11ClN2OS. The van der Waals surface area contributed by atoms with Crippen molar-refractivity contribution >= 4 is 23.3 Å². The molecule has 0 bridgehead atoms. The van der Waals surface area contributed by atoms with E-state index in [2.05, 4.69) is 8.75 Å². The van der Waals surface area contributed by atoms with Crippen molar-refractivity contribution in [2.45, 2.75) is 18.2 Å². The number of alkyl halides is 1. The van der Waals surface area contributed by atoms with E-state index in [0.717, 1.165) is 31.7 Å². The van der Waals surface area contributed by atoms with Crippen LogP contribution >= 0.6 is 23.3 Å². The van der Waals surface area contributed by atoms with Gasteiger partial charge < -0.3 is 4.74 Å². The fraction of sp³-hybridized carbons (Fsp3) is 0.750. The van der Waals surface area contributed by atoms with Gasteiger partial charge >= 0.3 is 0 Å². The van der Waals surface area contributed by atoms with Gasteiger partial charge in [0, 0.05) is 17.9 Å². The van der Waals surface area contributed by atoms with E-state index in [1.807, 2.05) is 6.20 Å². The fourth-order valence-corrected chi connectivity index (χ4v) is 2.19. The third kappa shape index (κ3) is 2.39. The second-order valence-corrected chi connectivity index (χ2v) is 4.36. The van der Waals surface area contributed by atoms with E-state index in [4.69, 9.17) is 16.3 Å². The SMILES string of the molecule is ClC1CCOCC1Cc1cnsn1. The molecule has 2 unspecified atom stereocenters. The first-order valence-electron chi connectivity index (χ1n) is 4.34. The molecule has 1 fully saturated rings. The van der Waals surface area contributed by atoms with Gasteiger partial charge in [-0.2, -0.15) is 8.75 Å². The largest absolute Gasteiger partial charge is 0.381 e. The average molecular weight is 219 g/mol. The van der Waals surface area contributed by atoms with E-state index in [9.17, 15) is 0 Å². The molecule has 2 heterocycles. The number of nitrogens with zero attached hydrogens (tertiary/aromatic N) is 2. The van der Waals surface area contributed by atoms with Crippen molar-refractivity contribution in [2.75, 3.05) is 13.2 Å². The molecular weight excluding hydrogens is 208 g/mol. The van der Waals surface area contributed by atoms with Crippen molar-refractivity contribution in [3.8, 4) is 0 Å². The van der Waals surface area contributed by atoms with Gasteiger partial charge in [-0.05, 0) is 12.8 Å². The molecule has 3 nitrogen and oxygen atoms in total. The monoisotopic (exact) mass is 218 g/mol. The Morgan fingerprint density at radius 3 is 3.31 bits per heavy atom. The Hall–Kier alpha value is -0.190. The summed E-state index contributed by atoms with van der Waals surface area (Å²) in [7, 11) is 0. The zero-order valence-electron chi connectivity index (χ0n) is 7.15. The smallest absolute Gasteiger partial charge is 0.0747 e. The van der Waals surface area contributed by atoms with Crippen molar-refractivity contribution in [2.24, 2.45) is 5.92 Å². The van der Waals surface area contributed by atoms with Gasteiger partial charge in [0.05, 0.1) is 30.2 Å². The third-order valence-corrected chi connectivity index (χ3v) is 3.35. The molecule has 1 aromatic heterocycles. The zero-order chi connectivity index (χ0) is 9.10. The molecule has 1 aliphatic heterocycles. The van der Waals surface area contributed by atoms with Crippen molar-refractivity contribution in [3.63, 3.8) is 0 Å².